The van der Waals surface area contributed by atoms with Gasteiger partial charge in [0.15, 0.2) is 0 Å². The summed E-state index contributed by atoms with van der Waals surface area (Å²) in [5, 5.41) is 13.6. The standard InChI is InChI=1S/C16H24N2O2/c1-20-14-7-5-13(6-8-14)17-16(12-19)9-11-18-10-3-2-4-15(16)18/h5-8,15,17,19H,2-4,9-12H2,1H3. The number of benzene rings is 1. The average Bonchev–Trinajstić information content (AvgIpc) is 2.88. The lowest BCUT2D eigenvalue weighted by Gasteiger charge is -2.40. The van der Waals surface area contributed by atoms with Crippen LogP contribution in [-0.2, 0) is 0 Å². The Morgan fingerprint density at radius 3 is 2.80 bits per heavy atom. The highest BCUT2D eigenvalue weighted by Gasteiger charge is 2.47. The van der Waals surface area contributed by atoms with Gasteiger partial charge < -0.3 is 15.2 Å². The van der Waals surface area contributed by atoms with Crippen molar-refractivity contribution in [2.24, 2.45) is 0 Å². The van der Waals surface area contributed by atoms with Crippen molar-refractivity contribution in [3.8, 4) is 5.75 Å². The number of rotatable bonds is 4. The monoisotopic (exact) mass is 276 g/mol. The summed E-state index contributed by atoms with van der Waals surface area (Å²) in [7, 11) is 1.68. The van der Waals surface area contributed by atoms with Gasteiger partial charge in [0.05, 0.1) is 19.3 Å². The highest BCUT2D eigenvalue weighted by molar-refractivity contribution is 5.49. The Hall–Kier alpha value is -1.26. The number of nitrogens with zero attached hydrogens (tertiary/aromatic N) is 1. The molecule has 20 heavy (non-hydrogen) atoms. The first kappa shape index (κ1) is 13.7. The van der Waals surface area contributed by atoms with Crippen LogP contribution in [0, 0.1) is 0 Å². The van der Waals surface area contributed by atoms with E-state index in [0.29, 0.717) is 6.04 Å². The molecule has 2 aliphatic heterocycles. The van der Waals surface area contributed by atoms with Crippen molar-refractivity contribution in [2.75, 3.05) is 32.1 Å². The summed E-state index contributed by atoms with van der Waals surface area (Å²) in [5.74, 6) is 0.860. The maximum absolute atomic E-state index is 10.0. The predicted octanol–water partition coefficient (Wildman–Crippen LogP) is 2.10. The van der Waals surface area contributed by atoms with Crippen molar-refractivity contribution >= 4 is 5.69 Å². The third-order valence-corrected chi connectivity index (χ3v) is 4.86. The maximum Gasteiger partial charge on any atom is 0.119 e. The Labute approximate surface area is 120 Å². The van der Waals surface area contributed by atoms with Crippen LogP contribution in [0.2, 0.25) is 0 Å². The topological polar surface area (TPSA) is 44.7 Å². The van der Waals surface area contributed by atoms with E-state index in [4.69, 9.17) is 4.74 Å². The van der Waals surface area contributed by atoms with Crippen molar-refractivity contribution in [3.05, 3.63) is 24.3 Å². The molecule has 2 N–H and O–H groups in total. The largest absolute Gasteiger partial charge is 0.497 e. The fraction of sp³-hybridized carbons (Fsp3) is 0.625. The zero-order valence-corrected chi connectivity index (χ0v) is 12.1. The highest BCUT2D eigenvalue weighted by Crippen LogP contribution is 2.37. The van der Waals surface area contributed by atoms with Gasteiger partial charge in [0.2, 0.25) is 0 Å². The fourth-order valence-electron chi connectivity index (χ4n) is 3.73. The van der Waals surface area contributed by atoms with Crippen LogP contribution in [0.4, 0.5) is 5.69 Å². The lowest BCUT2D eigenvalue weighted by molar-refractivity contribution is 0.123. The van der Waals surface area contributed by atoms with Gasteiger partial charge in [-0.05, 0) is 50.1 Å². The molecule has 2 fully saturated rings. The molecule has 0 aromatic heterocycles. The molecule has 2 saturated heterocycles. The molecule has 2 atom stereocenters. The average molecular weight is 276 g/mol. The van der Waals surface area contributed by atoms with Gasteiger partial charge in [0.25, 0.3) is 0 Å². The summed E-state index contributed by atoms with van der Waals surface area (Å²) in [6.07, 6.45) is 4.76. The number of nitrogens with one attached hydrogen (secondary N) is 1. The number of methoxy groups -OCH3 is 1. The quantitative estimate of drug-likeness (QED) is 0.884. The number of ether oxygens (including phenoxy) is 1. The maximum atomic E-state index is 10.0. The minimum atomic E-state index is -0.186. The van der Waals surface area contributed by atoms with Crippen LogP contribution in [0.3, 0.4) is 0 Å². The van der Waals surface area contributed by atoms with Crippen molar-refractivity contribution in [1.29, 1.82) is 0 Å². The molecule has 0 bridgehead atoms. The number of hydrogen-bond acceptors (Lipinski definition) is 4. The van der Waals surface area contributed by atoms with Gasteiger partial charge in [-0.25, -0.2) is 0 Å². The van der Waals surface area contributed by atoms with Crippen LogP contribution in [0.15, 0.2) is 24.3 Å². The Kier molecular flexibility index (Phi) is 3.85. The van der Waals surface area contributed by atoms with E-state index < -0.39 is 0 Å². The summed E-state index contributed by atoms with van der Waals surface area (Å²) < 4.78 is 5.19. The smallest absolute Gasteiger partial charge is 0.119 e. The van der Waals surface area contributed by atoms with E-state index in [1.807, 2.05) is 24.3 Å². The number of fused-ring (bicyclic) bond motifs is 1. The van der Waals surface area contributed by atoms with Crippen LogP contribution in [0.25, 0.3) is 0 Å². The highest BCUT2D eigenvalue weighted by atomic mass is 16.5. The van der Waals surface area contributed by atoms with Gasteiger partial charge in [-0.15, -0.1) is 0 Å². The van der Waals surface area contributed by atoms with Crippen molar-refractivity contribution in [3.63, 3.8) is 0 Å². The van der Waals surface area contributed by atoms with E-state index in [-0.39, 0.29) is 12.1 Å². The molecular formula is C16H24N2O2. The van der Waals surface area contributed by atoms with Gasteiger partial charge in [0.1, 0.15) is 5.75 Å². The van der Waals surface area contributed by atoms with E-state index in [0.717, 1.165) is 24.4 Å². The van der Waals surface area contributed by atoms with Crippen LogP contribution < -0.4 is 10.1 Å². The van der Waals surface area contributed by atoms with Crippen molar-refractivity contribution in [1.82, 2.24) is 4.90 Å². The molecule has 0 amide bonds. The van der Waals surface area contributed by atoms with Gasteiger partial charge in [-0.2, -0.15) is 0 Å². The van der Waals surface area contributed by atoms with Crippen LogP contribution in [-0.4, -0.2) is 48.4 Å². The van der Waals surface area contributed by atoms with E-state index in [1.54, 1.807) is 7.11 Å². The number of aliphatic hydroxyl groups is 1. The molecule has 2 heterocycles. The normalized spacial score (nSPS) is 30.0. The second kappa shape index (κ2) is 5.62. The molecule has 0 aliphatic carbocycles. The first-order chi connectivity index (χ1) is 9.77. The molecule has 4 heteroatoms. The number of piperidine rings is 1. The van der Waals surface area contributed by atoms with Crippen molar-refractivity contribution in [2.45, 2.75) is 37.3 Å². The first-order valence-corrected chi connectivity index (χ1v) is 7.54. The summed E-state index contributed by atoms with van der Waals surface area (Å²) in [6, 6.07) is 8.44. The lowest BCUT2D eigenvalue weighted by Crippen LogP contribution is -2.54. The van der Waals surface area contributed by atoms with E-state index in [1.165, 1.54) is 25.8 Å². The molecule has 4 nitrogen and oxygen atoms in total. The van der Waals surface area contributed by atoms with Crippen LogP contribution in [0.5, 0.6) is 5.75 Å². The molecule has 0 saturated carbocycles. The minimum absolute atomic E-state index is 0.186. The van der Waals surface area contributed by atoms with Crippen LogP contribution in [0.1, 0.15) is 25.7 Å². The summed E-state index contributed by atoms with van der Waals surface area (Å²) in [5.41, 5.74) is 0.877. The summed E-state index contributed by atoms with van der Waals surface area (Å²) in [6.45, 7) is 2.46. The molecule has 0 spiro atoms. The van der Waals surface area contributed by atoms with E-state index in [2.05, 4.69) is 10.2 Å². The fourth-order valence-corrected chi connectivity index (χ4v) is 3.73. The number of hydrogen-bond donors (Lipinski definition) is 2. The molecule has 3 rings (SSSR count). The van der Waals surface area contributed by atoms with Gasteiger partial charge in [0, 0.05) is 18.3 Å². The molecular weight excluding hydrogens is 252 g/mol. The Morgan fingerprint density at radius 1 is 1.30 bits per heavy atom. The first-order valence-electron chi connectivity index (χ1n) is 7.54. The zero-order chi connectivity index (χ0) is 14.0. The second-order valence-electron chi connectivity index (χ2n) is 5.97. The van der Waals surface area contributed by atoms with Crippen LogP contribution >= 0.6 is 0 Å². The minimum Gasteiger partial charge on any atom is -0.497 e. The third kappa shape index (κ3) is 2.38. The SMILES string of the molecule is COc1ccc(NC2(CO)CCN3CCCCC32)cc1. The van der Waals surface area contributed by atoms with Crippen molar-refractivity contribution < 1.29 is 9.84 Å². The van der Waals surface area contributed by atoms with Gasteiger partial charge in [-0.1, -0.05) is 6.42 Å². The third-order valence-electron chi connectivity index (χ3n) is 4.86. The summed E-state index contributed by atoms with van der Waals surface area (Å²) in [4.78, 5) is 2.54. The lowest BCUT2D eigenvalue weighted by atomic mass is 9.86. The Morgan fingerprint density at radius 2 is 2.10 bits per heavy atom. The molecule has 1 aromatic rings. The Balaban J connectivity index is 1.78. The zero-order valence-electron chi connectivity index (χ0n) is 12.1. The molecule has 2 aliphatic rings. The predicted molar refractivity (Wildman–Crippen MR) is 80.3 cm³/mol. The second-order valence-corrected chi connectivity index (χ2v) is 5.97. The summed E-state index contributed by atoms with van der Waals surface area (Å²) >= 11 is 0. The van der Waals surface area contributed by atoms with Gasteiger partial charge in [-0.3, -0.25) is 4.90 Å². The van der Waals surface area contributed by atoms with E-state index in [9.17, 15) is 5.11 Å². The molecule has 110 valence electrons. The number of aliphatic hydroxyl groups excluding tert-OH is 1. The van der Waals surface area contributed by atoms with Gasteiger partial charge >= 0.3 is 0 Å². The van der Waals surface area contributed by atoms with E-state index >= 15 is 0 Å². The number of anilines is 1. The molecule has 1 aromatic carbocycles. The molecule has 2 unspecified atom stereocenters. The molecule has 0 radical (unpaired) electrons. The Bertz CT molecular complexity index is 448.